The van der Waals surface area contributed by atoms with Gasteiger partial charge in [-0.25, -0.2) is 13.1 Å². The number of rotatable bonds is 11. The van der Waals surface area contributed by atoms with E-state index in [2.05, 4.69) is 10.0 Å². The van der Waals surface area contributed by atoms with Crippen LogP contribution in [0.5, 0.6) is 0 Å². The van der Waals surface area contributed by atoms with Gasteiger partial charge in [-0.2, -0.15) is 0 Å². The first kappa shape index (κ1) is 23.2. The number of hydrogen-bond acceptors (Lipinski definition) is 4. The van der Waals surface area contributed by atoms with Crippen molar-refractivity contribution in [3.8, 4) is 0 Å². The molecule has 0 saturated heterocycles. The van der Waals surface area contributed by atoms with E-state index in [9.17, 15) is 18.0 Å². The third kappa shape index (κ3) is 7.29. The Morgan fingerprint density at radius 3 is 2.26 bits per heavy atom. The number of hydrogen-bond donors (Lipinski definition) is 2. The molecule has 31 heavy (non-hydrogen) atoms. The van der Waals surface area contributed by atoms with E-state index < -0.39 is 10.0 Å². The van der Waals surface area contributed by atoms with Crippen molar-refractivity contribution in [3.05, 3.63) is 65.7 Å². The Hall–Kier alpha value is -2.51. The molecule has 0 aromatic heterocycles. The average Bonchev–Trinajstić information content (AvgIpc) is 3.27. The second-order valence-electron chi connectivity index (χ2n) is 7.99. The Labute approximate surface area is 184 Å². The van der Waals surface area contributed by atoms with E-state index >= 15 is 0 Å². The predicted molar refractivity (Wildman–Crippen MR) is 120 cm³/mol. The molecule has 1 aliphatic rings. The molecule has 2 aromatic carbocycles. The van der Waals surface area contributed by atoms with Crippen LogP contribution in [0.2, 0.25) is 0 Å². The van der Waals surface area contributed by atoms with Crippen LogP contribution in [-0.4, -0.2) is 32.7 Å². The van der Waals surface area contributed by atoms with Crippen LogP contribution in [0.4, 0.5) is 0 Å². The molecule has 166 valence electrons. The summed E-state index contributed by atoms with van der Waals surface area (Å²) in [5.41, 5.74) is 1.63. The van der Waals surface area contributed by atoms with Gasteiger partial charge in [0, 0.05) is 31.0 Å². The van der Waals surface area contributed by atoms with Crippen LogP contribution in [0.1, 0.15) is 60.9 Å². The molecule has 0 spiro atoms. The van der Waals surface area contributed by atoms with E-state index in [0.717, 1.165) is 31.2 Å². The number of nitrogens with one attached hydrogen (secondary N) is 2. The van der Waals surface area contributed by atoms with E-state index in [1.54, 1.807) is 36.4 Å². The summed E-state index contributed by atoms with van der Waals surface area (Å²) < 4.78 is 27.7. The second-order valence-corrected chi connectivity index (χ2v) is 9.70. The maximum Gasteiger partial charge on any atom is 0.240 e. The van der Waals surface area contributed by atoms with Crippen LogP contribution in [0.15, 0.2) is 59.5 Å². The summed E-state index contributed by atoms with van der Waals surface area (Å²) in [5, 5.41) is 2.86. The molecule has 6 nitrogen and oxygen atoms in total. The number of carbonyl (C=O) groups is 2. The van der Waals surface area contributed by atoms with Crippen molar-refractivity contribution in [2.45, 2.75) is 62.3 Å². The summed E-state index contributed by atoms with van der Waals surface area (Å²) in [4.78, 5) is 24.3. The van der Waals surface area contributed by atoms with E-state index in [0.29, 0.717) is 37.8 Å². The lowest BCUT2D eigenvalue weighted by molar-refractivity contribution is -0.121. The van der Waals surface area contributed by atoms with Crippen LogP contribution < -0.4 is 10.0 Å². The smallest absolute Gasteiger partial charge is 0.240 e. The fourth-order valence-corrected chi connectivity index (χ4v) is 5.08. The van der Waals surface area contributed by atoms with E-state index in [-0.39, 0.29) is 22.6 Å². The molecule has 0 aliphatic heterocycles. The molecule has 2 aromatic rings. The summed E-state index contributed by atoms with van der Waals surface area (Å²) in [6, 6.07) is 15.9. The van der Waals surface area contributed by atoms with Crippen LogP contribution in [-0.2, 0) is 21.2 Å². The summed E-state index contributed by atoms with van der Waals surface area (Å²) >= 11 is 0. The molecule has 1 amide bonds. The zero-order chi connectivity index (χ0) is 22.1. The lowest BCUT2D eigenvalue weighted by Gasteiger charge is -2.13. The zero-order valence-corrected chi connectivity index (χ0v) is 18.5. The first-order valence-corrected chi connectivity index (χ1v) is 12.4. The molecule has 0 bridgehead atoms. The Bertz CT molecular complexity index is 966. The van der Waals surface area contributed by atoms with Gasteiger partial charge in [-0.1, -0.05) is 55.3 Å². The monoisotopic (exact) mass is 442 g/mol. The van der Waals surface area contributed by atoms with Crippen LogP contribution in [0.25, 0.3) is 0 Å². The molecular weight excluding hydrogens is 412 g/mol. The Morgan fingerprint density at radius 1 is 0.903 bits per heavy atom. The van der Waals surface area contributed by atoms with Gasteiger partial charge in [-0.3, -0.25) is 9.59 Å². The van der Waals surface area contributed by atoms with Gasteiger partial charge in [0.1, 0.15) is 0 Å². The second kappa shape index (κ2) is 11.2. The van der Waals surface area contributed by atoms with Gasteiger partial charge in [0.05, 0.1) is 4.90 Å². The van der Waals surface area contributed by atoms with Gasteiger partial charge in [0.2, 0.25) is 15.9 Å². The molecule has 1 fully saturated rings. The molecule has 0 radical (unpaired) electrons. The van der Waals surface area contributed by atoms with Crippen molar-refractivity contribution in [1.29, 1.82) is 0 Å². The standard InChI is InChI=1S/C24H30N2O4S/c27-23(20-7-2-1-3-8-20)11-6-12-24(28)25-18-17-19-13-15-22(16-14-19)31(29,30)26-21-9-4-5-10-21/h1-3,7-8,13-16,21,26H,4-6,9-12,17-18H2,(H,25,28). The molecule has 1 saturated carbocycles. The SMILES string of the molecule is O=C(CCCC(=O)c1ccccc1)NCCc1ccc(S(=O)(=O)NC2CCCC2)cc1. The topological polar surface area (TPSA) is 92.3 Å². The summed E-state index contributed by atoms with van der Waals surface area (Å²) in [7, 11) is -3.48. The third-order valence-corrected chi connectivity index (χ3v) is 7.09. The van der Waals surface area contributed by atoms with Crippen LogP contribution >= 0.6 is 0 Å². The first-order chi connectivity index (χ1) is 14.9. The molecule has 3 rings (SSSR count). The molecule has 7 heteroatoms. The highest BCUT2D eigenvalue weighted by Gasteiger charge is 2.22. The number of carbonyl (C=O) groups excluding carboxylic acids is 2. The van der Waals surface area contributed by atoms with Crippen LogP contribution in [0, 0.1) is 0 Å². The van der Waals surface area contributed by atoms with Gasteiger partial charge in [0.25, 0.3) is 0 Å². The molecule has 1 aliphatic carbocycles. The van der Waals surface area contributed by atoms with Gasteiger partial charge in [-0.05, 0) is 43.4 Å². The van der Waals surface area contributed by atoms with Crippen molar-refractivity contribution >= 4 is 21.7 Å². The fraction of sp³-hybridized carbons (Fsp3) is 0.417. The normalized spacial score (nSPS) is 14.5. The van der Waals surface area contributed by atoms with Gasteiger partial charge < -0.3 is 5.32 Å². The van der Waals surface area contributed by atoms with Crippen molar-refractivity contribution in [3.63, 3.8) is 0 Å². The van der Waals surface area contributed by atoms with E-state index in [1.165, 1.54) is 0 Å². The Kier molecular flexibility index (Phi) is 8.37. The lowest BCUT2D eigenvalue weighted by atomic mass is 10.1. The van der Waals surface area contributed by atoms with Gasteiger partial charge in [0.15, 0.2) is 5.78 Å². The highest BCUT2D eigenvalue weighted by molar-refractivity contribution is 7.89. The Morgan fingerprint density at radius 2 is 1.58 bits per heavy atom. The summed E-state index contributed by atoms with van der Waals surface area (Å²) in [6.45, 7) is 0.470. The van der Waals surface area contributed by atoms with Crippen LogP contribution in [0.3, 0.4) is 0 Å². The highest BCUT2D eigenvalue weighted by atomic mass is 32.2. The number of sulfonamides is 1. The minimum atomic E-state index is -3.48. The van der Waals surface area contributed by atoms with Gasteiger partial charge in [-0.15, -0.1) is 0 Å². The van der Waals surface area contributed by atoms with Crippen molar-refractivity contribution in [2.24, 2.45) is 0 Å². The van der Waals surface area contributed by atoms with Crippen molar-refractivity contribution < 1.29 is 18.0 Å². The Balaban J connectivity index is 1.36. The molecular formula is C24H30N2O4S. The minimum Gasteiger partial charge on any atom is -0.356 e. The largest absolute Gasteiger partial charge is 0.356 e. The minimum absolute atomic E-state index is 0.0443. The summed E-state index contributed by atoms with van der Waals surface area (Å²) in [6.07, 6.45) is 5.73. The predicted octanol–water partition coefficient (Wildman–Crippen LogP) is 3.62. The quantitative estimate of drug-likeness (QED) is 0.520. The van der Waals surface area contributed by atoms with Crippen molar-refractivity contribution in [1.82, 2.24) is 10.0 Å². The molecule has 2 N–H and O–H groups in total. The molecule has 0 unspecified atom stereocenters. The maximum atomic E-state index is 12.4. The summed E-state index contributed by atoms with van der Waals surface area (Å²) in [5.74, 6) is -0.0355. The van der Waals surface area contributed by atoms with Crippen molar-refractivity contribution in [2.75, 3.05) is 6.54 Å². The fourth-order valence-electron chi connectivity index (χ4n) is 3.78. The van der Waals surface area contributed by atoms with Gasteiger partial charge >= 0.3 is 0 Å². The van der Waals surface area contributed by atoms with E-state index in [4.69, 9.17) is 0 Å². The molecule has 0 atom stereocenters. The first-order valence-electron chi connectivity index (χ1n) is 10.9. The number of Topliss-reactive ketones (excluding diaryl/α,β-unsaturated/α-hetero) is 1. The third-order valence-electron chi connectivity index (χ3n) is 5.55. The maximum absolute atomic E-state index is 12.4. The zero-order valence-electron chi connectivity index (χ0n) is 17.7. The number of amides is 1. The highest BCUT2D eigenvalue weighted by Crippen LogP contribution is 2.20. The lowest BCUT2D eigenvalue weighted by Crippen LogP contribution is -2.32. The number of benzene rings is 2. The number of ketones is 1. The molecule has 0 heterocycles. The van der Waals surface area contributed by atoms with E-state index in [1.807, 2.05) is 18.2 Å². The average molecular weight is 443 g/mol.